The molecule has 6 rings (SSSR count). The lowest BCUT2D eigenvalue weighted by Crippen LogP contribution is -2.23. The summed E-state index contributed by atoms with van der Waals surface area (Å²) in [4.78, 5) is 37.0. The van der Waals surface area contributed by atoms with Gasteiger partial charge in [0.05, 0.1) is 32.7 Å². The molecule has 1 fully saturated rings. The first-order chi connectivity index (χ1) is 15.0. The summed E-state index contributed by atoms with van der Waals surface area (Å²) in [5.74, 6) is -0.225. The van der Waals surface area contributed by atoms with E-state index in [2.05, 4.69) is 37.2 Å². The third-order valence-corrected chi connectivity index (χ3v) is 6.62. The van der Waals surface area contributed by atoms with Gasteiger partial charge >= 0.3 is 5.69 Å². The van der Waals surface area contributed by atoms with E-state index < -0.39 is 17.2 Å². The molecule has 4 heterocycles. The second-order valence-corrected chi connectivity index (χ2v) is 8.93. The van der Waals surface area contributed by atoms with Crippen LogP contribution in [0.15, 0.2) is 46.2 Å². The number of hydrogen-bond acceptors (Lipinski definition) is 6. The predicted molar refractivity (Wildman–Crippen MR) is 114 cm³/mol. The van der Waals surface area contributed by atoms with E-state index in [-0.39, 0.29) is 23.1 Å². The van der Waals surface area contributed by atoms with Crippen molar-refractivity contribution in [3.63, 3.8) is 0 Å². The van der Waals surface area contributed by atoms with Crippen LogP contribution in [0.5, 0.6) is 0 Å². The van der Waals surface area contributed by atoms with E-state index in [1.807, 2.05) is 13.0 Å². The summed E-state index contributed by atoms with van der Waals surface area (Å²) in [6, 6.07) is 8.06. The highest BCUT2D eigenvalue weighted by molar-refractivity contribution is 7.18. The first-order valence-corrected chi connectivity index (χ1v) is 10.5. The fourth-order valence-corrected chi connectivity index (χ4v) is 5.04. The standard InChI is InChI=1S/C21H15FN6O2S/c1-9-25-15-3-2-10(4-17(15)31-9)11-5-12(11)13-6-16(14-7-24-21(30)26-20(14)29)27-28-18(22)8-23-19(13)28/h2-4,6-8,11-12H,5H2,1H3,(H2,24,26,29,30)/t11-,12+/m1/s1. The number of benzene rings is 1. The van der Waals surface area contributed by atoms with Gasteiger partial charge in [0.2, 0.25) is 5.95 Å². The highest BCUT2D eigenvalue weighted by atomic mass is 32.1. The molecular formula is C21H15FN6O2S. The van der Waals surface area contributed by atoms with Crippen molar-refractivity contribution in [2.45, 2.75) is 25.2 Å². The van der Waals surface area contributed by atoms with Crippen LogP contribution in [0.1, 0.15) is 34.4 Å². The van der Waals surface area contributed by atoms with Crippen LogP contribution in [0.2, 0.25) is 0 Å². The number of H-pyrrole nitrogens is 2. The molecule has 0 amide bonds. The van der Waals surface area contributed by atoms with Gasteiger partial charge in [-0.15, -0.1) is 11.3 Å². The molecule has 2 N–H and O–H groups in total. The predicted octanol–water partition coefficient (Wildman–Crippen LogP) is 3.10. The number of nitrogens with one attached hydrogen (secondary N) is 2. The zero-order chi connectivity index (χ0) is 21.3. The first-order valence-electron chi connectivity index (χ1n) is 9.71. The van der Waals surface area contributed by atoms with Gasteiger partial charge in [-0.1, -0.05) is 6.07 Å². The van der Waals surface area contributed by atoms with Gasteiger partial charge in [-0.25, -0.2) is 14.8 Å². The van der Waals surface area contributed by atoms with Crippen LogP contribution in [0.25, 0.3) is 27.1 Å². The van der Waals surface area contributed by atoms with Crippen LogP contribution in [0.4, 0.5) is 4.39 Å². The number of imidazole rings is 1. The summed E-state index contributed by atoms with van der Waals surface area (Å²) in [6.07, 6.45) is 3.30. The third-order valence-electron chi connectivity index (χ3n) is 5.69. The quantitative estimate of drug-likeness (QED) is 0.454. The average Bonchev–Trinajstić information content (AvgIpc) is 3.32. The van der Waals surface area contributed by atoms with Gasteiger partial charge in [-0.05, 0) is 48.9 Å². The van der Waals surface area contributed by atoms with Crippen LogP contribution in [0.3, 0.4) is 0 Å². The lowest BCUT2D eigenvalue weighted by Gasteiger charge is -2.07. The molecule has 1 aliphatic rings. The number of aromatic amines is 2. The molecule has 154 valence electrons. The van der Waals surface area contributed by atoms with Gasteiger partial charge in [-0.2, -0.15) is 14.0 Å². The van der Waals surface area contributed by atoms with E-state index in [0.29, 0.717) is 5.65 Å². The number of hydrogen-bond donors (Lipinski definition) is 2. The third kappa shape index (κ3) is 2.90. The van der Waals surface area contributed by atoms with Crippen molar-refractivity contribution in [2.75, 3.05) is 0 Å². The molecule has 0 bridgehead atoms. The number of thiazole rings is 1. The maximum Gasteiger partial charge on any atom is 0.325 e. The summed E-state index contributed by atoms with van der Waals surface area (Å²) in [7, 11) is 0. The zero-order valence-electron chi connectivity index (χ0n) is 16.2. The molecule has 0 radical (unpaired) electrons. The minimum Gasteiger partial charge on any atom is -0.313 e. The van der Waals surface area contributed by atoms with Gasteiger partial charge in [-0.3, -0.25) is 9.78 Å². The summed E-state index contributed by atoms with van der Waals surface area (Å²) < 4.78 is 16.6. The van der Waals surface area contributed by atoms with Gasteiger partial charge in [0.15, 0.2) is 5.65 Å². The molecule has 0 unspecified atom stereocenters. The first kappa shape index (κ1) is 18.1. The zero-order valence-corrected chi connectivity index (χ0v) is 17.0. The molecule has 1 saturated carbocycles. The van der Waals surface area contributed by atoms with Crippen LogP contribution >= 0.6 is 11.3 Å². The van der Waals surface area contributed by atoms with E-state index in [4.69, 9.17) is 0 Å². The molecule has 0 saturated heterocycles. The second-order valence-electron chi connectivity index (χ2n) is 7.70. The Balaban J connectivity index is 1.46. The van der Waals surface area contributed by atoms with E-state index in [1.165, 1.54) is 11.8 Å². The Bertz CT molecular complexity index is 1610. The Kier molecular flexibility index (Phi) is 3.75. The molecule has 2 atom stereocenters. The monoisotopic (exact) mass is 434 g/mol. The lowest BCUT2D eigenvalue weighted by atomic mass is 10.0. The van der Waals surface area contributed by atoms with Crippen molar-refractivity contribution < 1.29 is 4.39 Å². The van der Waals surface area contributed by atoms with E-state index >= 15 is 0 Å². The highest BCUT2D eigenvalue weighted by Gasteiger charge is 2.41. The normalized spacial score (nSPS) is 18.1. The van der Waals surface area contributed by atoms with E-state index in [0.717, 1.165) is 37.9 Å². The smallest absolute Gasteiger partial charge is 0.313 e. The highest BCUT2D eigenvalue weighted by Crippen LogP contribution is 2.56. The Morgan fingerprint density at radius 2 is 2.10 bits per heavy atom. The molecule has 1 aromatic carbocycles. The van der Waals surface area contributed by atoms with Crippen molar-refractivity contribution >= 4 is 27.2 Å². The number of nitrogens with zero attached hydrogens (tertiary/aromatic N) is 4. The minimum atomic E-state index is -0.613. The number of halogens is 1. The fraction of sp³-hybridized carbons (Fsp3) is 0.190. The summed E-state index contributed by atoms with van der Waals surface area (Å²) in [5.41, 5.74) is 2.69. The maximum atomic E-state index is 14.4. The largest absolute Gasteiger partial charge is 0.325 e. The second kappa shape index (κ2) is 6.42. The Labute approximate surface area is 177 Å². The van der Waals surface area contributed by atoms with E-state index in [1.54, 1.807) is 17.4 Å². The number of rotatable bonds is 3. The molecular weight excluding hydrogens is 419 g/mol. The summed E-state index contributed by atoms with van der Waals surface area (Å²) >= 11 is 1.66. The van der Waals surface area contributed by atoms with Crippen LogP contribution < -0.4 is 11.2 Å². The van der Waals surface area contributed by atoms with Crippen LogP contribution in [-0.4, -0.2) is 29.5 Å². The minimum absolute atomic E-state index is 0.124. The number of fused-ring (bicyclic) bond motifs is 2. The molecule has 0 aliphatic heterocycles. The summed E-state index contributed by atoms with van der Waals surface area (Å²) in [5, 5.41) is 5.27. The molecule has 0 spiro atoms. The van der Waals surface area contributed by atoms with Gasteiger partial charge in [0.25, 0.3) is 5.56 Å². The van der Waals surface area contributed by atoms with E-state index in [9.17, 15) is 14.0 Å². The Hall–Kier alpha value is -3.66. The molecule has 8 nitrogen and oxygen atoms in total. The van der Waals surface area contributed by atoms with Crippen molar-refractivity contribution in [1.29, 1.82) is 0 Å². The van der Waals surface area contributed by atoms with Crippen LogP contribution in [0, 0.1) is 12.9 Å². The molecule has 5 aromatic rings. The van der Waals surface area contributed by atoms with Gasteiger partial charge in [0.1, 0.15) is 0 Å². The van der Waals surface area contributed by atoms with Crippen molar-refractivity contribution in [1.82, 2.24) is 29.5 Å². The Morgan fingerprint density at radius 1 is 1.23 bits per heavy atom. The SMILES string of the molecule is Cc1nc2ccc([C@H]3C[C@@H]3c3cc(-c4c[nH]c(=O)[nH]c4=O)nn4c(F)cnc34)cc2s1. The molecule has 1 aliphatic carbocycles. The lowest BCUT2D eigenvalue weighted by molar-refractivity contribution is 0.549. The van der Waals surface area contributed by atoms with Crippen molar-refractivity contribution in [2.24, 2.45) is 0 Å². The molecule has 10 heteroatoms. The number of aromatic nitrogens is 6. The Morgan fingerprint density at radius 3 is 2.94 bits per heavy atom. The van der Waals surface area contributed by atoms with Crippen LogP contribution in [-0.2, 0) is 0 Å². The topological polar surface area (TPSA) is 109 Å². The van der Waals surface area contributed by atoms with Crippen molar-refractivity contribution in [3.05, 3.63) is 79.6 Å². The van der Waals surface area contributed by atoms with Crippen molar-refractivity contribution in [3.8, 4) is 11.3 Å². The van der Waals surface area contributed by atoms with Gasteiger partial charge < -0.3 is 4.98 Å². The maximum absolute atomic E-state index is 14.4. The summed E-state index contributed by atoms with van der Waals surface area (Å²) in [6.45, 7) is 1.99. The average molecular weight is 434 g/mol. The molecule has 4 aromatic heterocycles. The number of aryl methyl sites for hydroxylation is 1. The van der Waals surface area contributed by atoms with Gasteiger partial charge in [0, 0.05) is 11.8 Å². The fourth-order valence-electron chi connectivity index (χ4n) is 4.16. The molecule has 31 heavy (non-hydrogen) atoms.